The van der Waals surface area contributed by atoms with Crippen LogP contribution < -0.4 is 5.69 Å². The van der Waals surface area contributed by atoms with Crippen molar-refractivity contribution in [2.75, 3.05) is 0 Å². The summed E-state index contributed by atoms with van der Waals surface area (Å²) in [5.74, 6) is 0.662. The number of rotatable bonds is 2. The number of nitrogens with zero attached hydrogens (tertiary/aromatic N) is 1. The summed E-state index contributed by atoms with van der Waals surface area (Å²) >= 11 is 3.47. The zero-order valence-electron chi connectivity index (χ0n) is 10.3. The van der Waals surface area contributed by atoms with Gasteiger partial charge in [0.15, 0.2) is 0 Å². The van der Waals surface area contributed by atoms with Gasteiger partial charge in [0.25, 0.3) is 0 Å². The lowest BCUT2D eigenvalue weighted by Crippen LogP contribution is -2.22. The van der Waals surface area contributed by atoms with E-state index in [1.165, 1.54) is 32.1 Å². The van der Waals surface area contributed by atoms with Gasteiger partial charge in [0, 0.05) is 11.0 Å². The molecular formula is C14H17BrN2O. The smallest absolute Gasteiger partial charge is 0.306 e. The van der Waals surface area contributed by atoms with E-state index in [-0.39, 0.29) is 5.69 Å². The van der Waals surface area contributed by atoms with E-state index in [1.807, 2.05) is 22.8 Å². The van der Waals surface area contributed by atoms with Gasteiger partial charge in [-0.1, -0.05) is 35.2 Å². The molecule has 0 spiro atoms. The van der Waals surface area contributed by atoms with Crippen LogP contribution in [0.5, 0.6) is 0 Å². The van der Waals surface area contributed by atoms with Gasteiger partial charge in [-0.25, -0.2) is 4.79 Å². The Morgan fingerprint density at radius 2 is 2.06 bits per heavy atom. The Kier molecular flexibility index (Phi) is 3.29. The highest BCUT2D eigenvalue weighted by Gasteiger charge is 2.16. The second kappa shape index (κ2) is 4.92. The van der Waals surface area contributed by atoms with E-state index in [0.29, 0.717) is 5.92 Å². The molecule has 3 nitrogen and oxygen atoms in total. The first kappa shape index (κ1) is 12.0. The Morgan fingerprint density at radius 1 is 1.28 bits per heavy atom. The summed E-state index contributed by atoms with van der Waals surface area (Å²) in [4.78, 5) is 14.9. The van der Waals surface area contributed by atoms with Crippen molar-refractivity contribution in [1.29, 1.82) is 0 Å². The third-order valence-electron chi connectivity index (χ3n) is 3.90. The maximum atomic E-state index is 12.0. The van der Waals surface area contributed by atoms with E-state index < -0.39 is 0 Å². The molecule has 0 amide bonds. The van der Waals surface area contributed by atoms with Gasteiger partial charge in [-0.05, 0) is 37.0 Å². The molecule has 2 aromatic rings. The molecular weight excluding hydrogens is 292 g/mol. The number of hydrogen-bond acceptors (Lipinski definition) is 1. The molecule has 1 N–H and O–H groups in total. The largest absolute Gasteiger partial charge is 0.326 e. The van der Waals surface area contributed by atoms with E-state index in [0.717, 1.165) is 22.1 Å². The molecule has 0 atom stereocenters. The summed E-state index contributed by atoms with van der Waals surface area (Å²) in [5, 5.41) is 0. The standard InChI is InChI=1S/C14H17BrN2O/c15-11-6-7-12-13(8-11)17(14(18)16-12)9-10-4-2-1-3-5-10/h6-8,10H,1-5,9H2,(H,16,18). The SMILES string of the molecule is O=c1[nH]c2ccc(Br)cc2n1CC1CCCCC1. The number of benzene rings is 1. The van der Waals surface area contributed by atoms with Crippen molar-refractivity contribution in [2.24, 2.45) is 5.92 Å². The molecule has 0 unspecified atom stereocenters. The van der Waals surface area contributed by atoms with Gasteiger partial charge in [-0.2, -0.15) is 0 Å². The Balaban J connectivity index is 1.97. The molecule has 1 aliphatic carbocycles. The van der Waals surface area contributed by atoms with Crippen LogP contribution in [0.25, 0.3) is 11.0 Å². The highest BCUT2D eigenvalue weighted by molar-refractivity contribution is 9.10. The van der Waals surface area contributed by atoms with Crippen LogP contribution in [0.4, 0.5) is 0 Å². The molecule has 1 saturated carbocycles. The van der Waals surface area contributed by atoms with Crippen molar-refractivity contribution in [3.63, 3.8) is 0 Å². The minimum absolute atomic E-state index is 0.0219. The first-order chi connectivity index (χ1) is 8.74. The summed E-state index contributed by atoms with van der Waals surface area (Å²) in [6.07, 6.45) is 6.49. The maximum absolute atomic E-state index is 12.0. The average Bonchev–Trinajstić information content (AvgIpc) is 2.67. The highest BCUT2D eigenvalue weighted by Crippen LogP contribution is 2.26. The van der Waals surface area contributed by atoms with Gasteiger partial charge in [0.1, 0.15) is 0 Å². The van der Waals surface area contributed by atoms with Crippen LogP contribution in [-0.4, -0.2) is 9.55 Å². The van der Waals surface area contributed by atoms with Crippen LogP contribution in [0.1, 0.15) is 32.1 Å². The quantitative estimate of drug-likeness (QED) is 0.903. The summed E-state index contributed by atoms with van der Waals surface area (Å²) in [6, 6.07) is 5.94. The van der Waals surface area contributed by atoms with Crippen molar-refractivity contribution in [3.05, 3.63) is 33.2 Å². The van der Waals surface area contributed by atoms with Crippen LogP contribution in [0.2, 0.25) is 0 Å². The van der Waals surface area contributed by atoms with Gasteiger partial charge in [-0.15, -0.1) is 0 Å². The van der Waals surface area contributed by atoms with Crippen LogP contribution in [0.3, 0.4) is 0 Å². The molecule has 0 aliphatic heterocycles. The molecule has 4 heteroatoms. The fourth-order valence-corrected chi connectivity index (χ4v) is 3.28. The molecule has 0 bridgehead atoms. The Morgan fingerprint density at radius 3 is 2.83 bits per heavy atom. The predicted molar refractivity (Wildman–Crippen MR) is 76.8 cm³/mol. The molecule has 1 aromatic heterocycles. The molecule has 3 rings (SSSR count). The fourth-order valence-electron chi connectivity index (χ4n) is 2.94. The lowest BCUT2D eigenvalue weighted by molar-refractivity contribution is 0.319. The van der Waals surface area contributed by atoms with Gasteiger partial charge >= 0.3 is 5.69 Å². The minimum atomic E-state index is 0.0219. The monoisotopic (exact) mass is 308 g/mol. The number of imidazole rings is 1. The van der Waals surface area contributed by atoms with Crippen LogP contribution in [0, 0.1) is 5.92 Å². The fraction of sp³-hybridized carbons (Fsp3) is 0.500. The zero-order valence-corrected chi connectivity index (χ0v) is 11.9. The van der Waals surface area contributed by atoms with Crippen molar-refractivity contribution in [3.8, 4) is 0 Å². The van der Waals surface area contributed by atoms with Crippen LogP contribution in [0.15, 0.2) is 27.5 Å². The number of nitrogens with one attached hydrogen (secondary N) is 1. The Bertz CT molecular complexity index is 608. The molecule has 0 radical (unpaired) electrons. The second-order valence-corrected chi connectivity index (χ2v) is 6.12. The van der Waals surface area contributed by atoms with E-state index in [2.05, 4.69) is 20.9 Å². The molecule has 1 aromatic carbocycles. The van der Waals surface area contributed by atoms with Crippen LogP contribution in [-0.2, 0) is 6.54 Å². The third-order valence-corrected chi connectivity index (χ3v) is 4.40. The van der Waals surface area contributed by atoms with Gasteiger partial charge in [0.2, 0.25) is 0 Å². The van der Waals surface area contributed by atoms with Crippen molar-refractivity contribution < 1.29 is 0 Å². The van der Waals surface area contributed by atoms with E-state index in [9.17, 15) is 4.79 Å². The number of H-pyrrole nitrogens is 1. The zero-order chi connectivity index (χ0) is 12.5. The first-order valence-electron chi connectivity index (χ1n) is 6.62. The number of fused-ring (bicyclic) bond motifs is 1. The Labute approximate surface area is 114 Å². The van der Waals surface area contributed by atoms with Crippen molar-refractivity contribution in [2.45, 2.75) is 38.6 Å². The topological polar surface area (TPSA) is 37.8 Å². The van der Waals surface area contributed by atoms with Crippen molar-refractivity contribution >= 4 is 27.0 Å². The van der Waals surface area contributed by atoms with Crippen LogP contribution >= 0.6 is 15.9 Å². The van der Waals surface area contributed by atoms with Gasteiger partial charge in [0.05, 0.1) is 11.0 Å². The van der Waals surface area contributed by atoms with E-state index in [1.54, 1.807) is 0 Å². The summed E-state index contributed by atoms with van der Waals surface area (Å²) in [6.45, 7) is 0.856. The van der Waals surface area contributed by atoms with Crippen molar-refractivity contribution in [1.82, 2.24) is 9.55 Å². The normalized spacial score (nSPS) is 17.4. The molecule has 18 heavy (non-hydrogen) atoms. The maximum Gasteiger partial charge on any atom is 0.326 e. The molecule has 96 valence electrons. The number of aromatic amines is 1. The number of hydrogen-bond donors (Lipinski definition) is 1. The molecule has 1 aliphatic rings. The van der Waals surface area contributed by atoms with Gasteiger partial charge < -0.3 is 4.98 Å². The number of aromatic nitrogens is 2. The van der Waals surface area contributed by atoms with E-state index in [4.69, 9.17) is 0 Å². The summed E-state index contributed by atoms with van der Waals surface area (Å²) in [5.41, 5.74) is 1.97. The lowest BCUT2D eigenvalue weighted by atomic mass is 9.89. The molecule has 1 heterocycles. The minimum Gasteiger partial charge on any atom is -0.306 e. The Hall–Kier alpha value is -1.03. The summed E-state index contributed by atoms with van der Waals surface area (Å²) in [7, 11) is 0. The number of halogens is 1. The first-order valence-corrected chi connectivity index (χ1v) is 7.41. The van der Waals surface area contributed by atoms with Gasteiger partial charge in [-0.3, -0.25) is 4.57 Å². The lowest BCUT2D eigenvalue weighted by Gasteiger charge is -2.21. The molecule has 1 fully saturated rings. The summed E-state index contributed by atoms with van der Waals surface area (Å²) < 4.78 is 2.92. The van der Waals surface area contributed by atoms with E-state index >= 15 is 0 Å². The average molecular weight is 309 g/mol. The third kappa shape index (κ3) is 2.26. The second-order valence-electron chi connectivity index (χ2n) is 5.21. The predicted octanol–water partition coefficient (Wildman–Crippen LogP) is 3.67. The highest BCUT2D eigenvalue weighted by atomic mass is 79.9. The molecule has 0 saturated heterocycles.